The van der Waals surface area contributed by atoms with Crippen molar-refractivity contribution in [3.63, 3.8) is 0 Å². The van der Waals surface area contributed by atoms with Crippen LogP contribution in [0.3, 0.4) is 0 Å². The Hall–Kier alpha value is -2.95. The fraction of sp³-hybridized carbons (Fsp3) is 0.318. The number of fused-ring (bicyclic) bond motifs is 1. The van der Waals surface area contributed by atoms with Gasteiger partial charge in [0.05, 0.1) is 25.1 Å². The number of benzene rings is 2. The molecule has 0 spiro atoms. The van der Waals surface area contributed by atoms with E-state index in [4.69, 9.17) is 9.47 Å². The van der Waals surface area contributed by atoms with E-state index < -0.39 is 0 Å². The molecule has 27 heavy (non-hydrogen) atoms. The average molecular weight is 366 g/mol. The largest absolute Gasteiger partial charge is 0.493 e. The first-order valence-electron chi connectivity index (χ1n) is 9.11. The van der Waals surface area contributed by atoms with Gasteiger partial charge >= 0.3 is 0 Å². The minimum Gasteiger partial charge on any atom is -0.493 e. The van der Waals surface area contributed by atoms with Crippen LogP contribution in [0.4, 0.5) is 11.4 Å². The lowest BCUT2D eigenvalue weighted by Gasteiger charge is -2.40. The van der Waals surface area contributed by atoms with Crippen molar-refractivity contribution in [3.05, 3.63) is 54.1 Å². The van der Waals surface area contributed by atoms with E-state index in [9.17, 15) is 4.79 Å². The number of hydrogen-bond donors (Lipinski definition) is 1. The number of nitrogens with one attached hydrogen (secondary N) is 1. The highest BCUT2D eigenvalue weighted by atomic mass is 16.5. The molecule has 2 aromatic rings. The van der Waals surface area contributed by atoms with Crippen LogP contribution < -0.4 is 19.7 Å². The SMILES string of the molecule is CCOc1ccc(/C=C/C(=O)N2CC(C)(C)Nc3ccccc32)cc1OC. The minimum absolute atomic E-state index is 0.0510. The lowest BCUT2D eigenvalue weighted by atomic mass is 9.99. The highest BCUT2D eigenvalue weighted by Crippen LogP contribution is 2.34. The molecule has 2 aromatic carbocycles. The summed E-state index contributed by atoms with van der Waals surface area (Å²) in [6.45, 7) is 7.27. The molecule has 1 aliphatic heterocycles. The van der Waals surface area contributed by atoms with Crippen molar-refractivity contribution in [1.82, 2.24) is 0 Å². The summed E-state index contributed by atoms with van der Waals surface area (Å²) < 4.78 is 10.9. The summed E-state index contributed by atoms with van der Waals surface area (Å²) in [6, 6.07) is 13.5. The van der Waals surface area contributed by atoms with Gasteiger partial charge in [-0.2, -0.15) is 0 Å². The number of ether oxygens (including phenoxy) is 2. The van der Waals surface area contributed by atoms with Gasteiger partial charge < -0.3 is 19.7 Å². The number of carbonyl (C=O) groups is 1. The van der Waals surface area contributed by atoms with Crippen molar-refractivity contribution in [2.45, 2.75) is 26.3 Å². The first kappa shape index (κ1) is 18.8. The van der Waals surface area contributed by atoms with E-state index in [0.717, 1.165) is 16.9 Å². The standard InChI is InChI=1S/C22H26N2O3/c1-5-27-19-12-10-16(14-20(19)26-4)11-13-21(25)24-15-22(2,3)23-17-8-6-7-9-18(17)24/h6-14,23H,5,15H2,1-4H3/b13-11+. The predicted molar refractivity (Wildman–Crippen MR) is 110 cm³/mol. The molecule has 1 amide bonds. The molecule has 0 fully saturated rings. The van der Waals surface area contributed by atoms with Crippen LogP contribution in [0.1, 0.15) is 26.3 Å². The van der Waals surface area contributed by atoms with Crippen LogP contribution in [0.25, 0.3) is 6.08 Å². The number of anilines is 2. The second-order valence-corrected chi connectivity index (χ2v) is 7.13. The lowest BCUT2D eigenvalue weighted by Crippen LogP contribution is -2.50. The monoisotopic (exact) mass is 366 g/mol. The van der Waals surface area contributed by atoms with Crippen LogP contribution in [-0.2, 0) is 4.79 Å². The Morgan fingerprint density at radius 2 is 2.00 bits per heavy atom. The molecule has 1 heterocycles. The second kappa shape index (κ2) is 7.74. The molecular weight excluding hydrogens is 340 g/mol. The quantitative estimate of drug-likeness (QED) is 0.800. The van der Waals surface area contributed by atoms with Crippen molar-refractivity contribution >= 4 is 23.4 Å². The number of para-hydroxylation sites is 2. The maximum Gasteiger partial charge on any atom is 0.251 e. The Bertz CT molecular complexity index is 858. The Morgan fingerprint density at radius 1 is 1.22 bits per heavy atom. The van der Waals surface area contributed by atoms with Gasteiger partial charge in [0.2, 0.25) is 0 Å². The van der Waals surface area contributed by atoms with Gasteiger partial charge in [0.1, 0.15) is 0 Å². The van der Waals surface area contributed by atoms with Gasteiger partial charge in [-0.05, 0) is 56.7 Å². The molecule has 5 heteroatoms. The zero-order valence-electron chi connectivity index (χ0n) is 16.3. The van der Waals surface area contributed by atoms with E-state index in [0.29, 0.717) is 24.7 Å². The smallest absolute Gasteiger partial charge is 0.251 e. The van der Waals surface area contributed by atoms with Crippen molar-refractivity contribution in [2.75, 3.05) is 30.5 Å². The molecular formula is C22H26N2O3. The van der Waals surface area contributed by atoms with Crippen LogP contribution in [-0.4, -0.2) is 31.7 Å². The van der Waals surface area contributed by atoms with Crippen LogP contribution in [0.5, 0.6) is 11.5 Å². The van der Waals surface area contributed by atoms with Gasteiger partial charge in [-0.15, -0.1) is 0 Å². The fourth-order valence-electron chi connectivity index (χ4n) is 3.22. The average Bonchev–Trinajstić information content (AvgIpc) is 2.65. The van der Waals surface area contributed by atoms with E-state index in [1.165, 1.54) is 0 Å². The summed E-state index contributed by atoms with van der Waals surface area (Å²) in [6.07, 6.45) is 3.41. The highest BCUT2D eigenvalue weighted by molar-refractivity contribution is 6.06. The Balaban J connectivity index is 1.83. The number of methoxy groups -OCH3 is 1. The van der Waals surface area contributed by atoms with Crippen molar-refractivity contribution in [3.8, 4) is 11.5 Å². The molecule has 0 unspecified atom stereocenters. The fourth-order valence-corrected chi connectivity index (χ4v) is 3.22. The molecule has 0 radical (unpaired) electrons. The molecule has 0 saturated carbocycles. The highest BCUT2D eigenvalue weighted by Gasteiger charge is 2.31. The molecule has 1 aliphatic rings. The number of hydrogen-bond acceptors (Lipinski definition) is 4. The van der Waals surface area contributed by atoms with E-state index >= 15 is 0 Å². The normalized spacial score (nSPS) is 15.2. The maximum absolute atomic E-state index is 12.9. The van der Waals surface area contributed by atoms with Crippen molar-refractivity contribution in [2.24, 2.45) is 0 Å². The molecule has 0 aliphatic carbocycles. The summed E-state index contributed by atoms with van der Waals surface area (Å²) in [7, 11) is 1.61. The van der Waals surface area contributed by atoms with Gasteiger partial charge in [-0.25, -0.2) is 0 Å². The van der Waals surface area contributed by atoms with Crippen LogP contribution in [0.2, 0.25) is 0 Å². The van der Waals surface area contributed by atoms with Gasteiger partial charge in [-0.1, -0.05) is 18.2 Å². The summed E-state index contributed by atoms with van der Waals surface area (Å²) in [5.41, 5.74) is 2.56. The van der Waals surface area contributed by atoms with E-state index in [2.05, 4.69) is 19.2 Å². The first-order valence-corrected chi connectivity index (χ1v) is 9.11. The molecule has 0 atom stereocenters. The molecule has 5 nitrogen and oxygen atoms in total. The third-order valence-electron chi connectivity index (χ3n) is 4.39. The van der Waals surface area contributed by atoms with Crippen molar-refractivity contribution < 1.29 is 14.3 Å². The summed E-state index contributed by atoms with van der Waals surface area (Å²) >= 11 is 0. The summed E-state index contributed by atoms with van der Waals surface area (Å²) in [5, 5.41) is 3.48. The van der Waals surface area contributed by atoms with E-state index in [1.807, 2.05) is 54.3 Å². The van der Waals surface area contributed by atoms with Crippen LogP contribution in [0, 0.1) is 0 Å². The zero-order valence-corrected chi connectivity index (χ0v) is 16.3. The number of nitrogens with zero attached hydrogens (tertiary/aromatic N) is 1. The minimum atomic E-state index is -0.194. The number of carbonyl (C=O) groups excluding carboxylic acids is 1. The summed E-state index contributed by atoms with van der Waals surface area (Å²) in [4.78, 5) is 14.7. The molecule has 142 valence electrons. The van der Waals surface area contributed by atoms with E-state index in [-0.39, 0.29) is 11.4 Å². The molecule has 1 N–H and O–H groups in total. The van der Waals surface area contributed by atoms with Gasteiger partial charge in [-0.3, -0.25) is 4.79 Å². The topological polar surface area (TPSA) is 50.8 Å². The molecule has 0 aromatic heterocycles. The van der Waals surface area contributed by atoms with Gasteiger partial charge in [0.15, 0.2) is 11.5 Å². The van der Waals surface area contributed by atoms with Crippen LogP contribution in [0.15, 0.2) is 48.5 Å². The number of amides is 1. The van der Waals surface area contributed by atoms with Crippen molar-refractivity contribution in [1.29, 1.82) is 0 Å². The second-order valence-electron chi connectivity index (χ2n) is 7.13. The van der Waals surface area contributed by atoms with Crippen LogP contribution >= 0.6 is 0 Å². The molecule has 3 rings (SSSR count). The van der Waals surface area contributed by atoms with Gasteiger partial charge in [0.25, 0.3) is 5.91 Å². The Labute approximate surface area is 160 Å². The third-order valence-corrected chi connectivity index (χ3v) is 4.39. The molecule has 0 bridgehead atoms. The Morgan fingerprint density at radius 3 is 2.74 bits per heavy atom. The van der Waals surface area contributed by atoms with E-state index in [1.54, 1.807) is 19.3 Å². The lowest BCUT2D eigenvalue weighted by molar-refractivity contribution is -0.114. The number of rotatable bonds is 5. The third kappa shape index (κ3) is 4.25. The van der Waals surface area contributed by atoms with Gasteiger partial charge in [0, 0.05) is 18.2 Å². The Kier molecular flexibility index (Phi) is 5.40. The maximum atomic E-state index is 12.9. The zero-order chi connectivity index (χ0) is 19.4. The first-order chi connectivity index (χ1) is 12.9. The summed E-state index contributed by atoms with van der Waals surface area (Å²) in [5.74, 6) is 1.30. The molecule has 0 saturated heterocycles. The predicted octanol–water partition coefficient (Wildman–Crippen LogP) is 4.34.